The molecule has 124 valence electrons. The third kappa shape index (κ3) is 4.58. The van der Waals surface area contributed by atoms with E-state index in [1.54, 1.807) is 0 Å². The second-order valence-electron chi connectivity index (χ2n) is 6.40. The van der Waals surface area contributed by atoms with Crippen LogP contribution in [0, 0.1) is 0 Å². The van der Waals surface area contributed by atoms with Gasteiger partial charge in [0.2, 0.25) is 5.91 Å². The Morgan fingerprint density at radius 2 is 1.54 bits per heavy atom. The van der Waals surface area contributed by atoms with Crippen LogP contribution >= 0.6 is 0 Å². The molecule has 2 heteroatoms. The number of nitrogens with zero attached hydrogens (tertiary/aromatic N) is 1. The highest BCUT2D eigenvalue weighted by atomic mass is 16.2. The van der Waals surface area contributed by atoms with Gasteiger partial charge in [0.05, 0.1) is 6.42 Å². The first-order valence-corrected chi connectivity index (χ1v) is 8.89. The maximum absolute atomic E-state index is 12.5. The number of hydrogen-bond donors (Lipinski definition) is 0. The molecular formula is C22H25NO. The fraction of sp³-hybridized carbons (Fsp3) is 0.318. The van der Waals surface area contributed by atoms with Crippen molar-refractivity contribution < 1.29 is 4.79 Å². The van der Waals surface area contributed by atoms with Crippen LogP contribution < -0.4 is 0 Å². The fourth-order valence-corrected chi connectivity index (χ4v) is 3.23. The minimum absolute atomic E-state index is 0.272. The molecule has 0 atom stereocenters. The monoisotopic (exact) mass is 319 g/mol. The van der Waals surface area contributed by atoms with Crippen molar-refractivity contribution in [3.8, 4) is 0 Å². The van der Waals surface area contributed by atoms with Gasteiger partial charge in [0.1, 0.15) is 0 Å². The molecule has 0 N–H and O–H groups in total. The van der Waals surface area contributed by atoms with Gasteiger partial charge in [-0.05, 0) is 42.4 Å². The predicted octanol–water partition coefficient (Wildman–Crippen LogP) is 4.50. The highest BCUT2D eigenvalue weighted by Gasteiger charge is 2.17. The minimum atomic E-state index is 0.272. The molecule has 0 saturated carbocycles. The maximum Gasteiger partial charge on any atom is 0.226 e. The third-order valence-corrected chi connectivity index (χ3v) is 4.62. The van der Waals surface area contributed by atoms with E-state index in [9.17, 15) is 4.79 Å². The number of carbonyl (C=O) groups is 1. The molecule has 0 spiro atoms. The normalized spacial score (nSPS) is 14.9. The molecule has 0 radical (unpaired) electrons. The largest absolute Gasteiger partial charge is 0.342 e. The molecule has 0 aromatic heterocycles. The second-order valence-corrected chi connectivity index (χ2v) is 6.40. The summed E-state index contributed by atoms with van der Waals surface area (Å²) in [6.45, 7) is 1.85. The number of likely N-dealkylation sites (tertiary alicyclic amines) is 1. The van der Waals surface area contributed by atoms with Crippen molar-refractivity contribution in [2.75, 3.05) is 13.1 Å². The molecule has 2 nitrogen and oxygen atoms in total. The van der Waals surface area contributed by atoms with E-state index < -0.39 is 0 Å². The number of piperidine rings is 1. The smallest absolute Gasteiger partial charge is 0.226 e. The first-order valence-electron chi connectivity index (χ1n) is 8.89. The van der Waals surface area contributed by atoms with Gasteiger partial charge >= 0.3 is 0 Å². The first-order chi connectivity index (χ1) is 11.8. The molecule has 1 aliphatic heterocycles. The van der Waals surface area contributed by atoms with Crippen LogP contribution in [0.1, 0.15) is 36.0 Å². The molecule has 1 saturated heterocycles. The highest BCUT2D eigenvalue weighted by molar-refractivity contribution is 5.79. The van der Waals surface area contributed by atoms with E-state index in [0.717, 1.165) is 37.9 Å². The van der Waals surface area contributed by atoms with Gasteiger partial charge in [0, 0.05) is 13.1 Å². The zero-order valence-electron chi connectivity index (χ0n) is 14.2. The van der Waals surface area contributed by atoms with Crippen LogP contribution in [0.15, 0.2) is 60.7 Å². The Kier molecular flexibility index (Phi) is 5.84. The molecule has 0 bridgehead atoms. The second kappa shape index (κ2) is 8.49. The van der Waals surface area contributed by atoms with Crippen molar-refractivity contribution in [1.29, 1.82) is 0 Å². The number of rotatable bonds is 5. The molecule has 2 aromatic rings. The van der Waals surface area contributed by atoms with Gasteiger partial charge in [-0.3, -0.25) is 4.79 Å². The molecule has 24 heavy (non-hydrogen) atoms. The minimum Gasteiger partial charge on any atom is -0.342 e. The van der Waals surface area contributed by atoms with E-state index in [2.05, 4.69) is 42.5 Å². The Balaban J connectivity index is 1.64. The van der Waals surface area contributed by atoms with Gasteiger partial charge in [-0.25, -0.2) is 0 Å². The average molecular weight is 319 g/mol. The third-order valence-electron chi connectivity index (χ3n) is 4.62. The maximum atomic E-state index is 12.5. The summed E-state index contributed by atoms with van der Waals surface area (Å²) in [6.07, 6.45) is 9.25. The van der Waals surface area contributed by atoms with E-state index in [0.29, 0.717) is 6.42 Å². The SMILES string of the molecule is O=C(Cc1ccccc1C/C=C/c1ccccc1)N1CCCCC1. The summed E-state index contributed by atoms with van der Waals surface area (Å²) in [6, 6.07) is 18.6. The summed E-state index contributed by atoms with van der Waals surface area (Å²) in [5.74, 6) is 0.272. The van der Waals surface area contributed by atoms with Gasteiger partial charge in [-0.2, -0.15) is 0 Å². The lowest BCUT2D eigenvalue weighted by Crippen LogP contribution is -2.36. The molecule has 1 amide bonds. The highest BCUT2D eigenvalue weighted by Crippen LogP contribution is 2.15. The van der Waals surface area contributed by atoms with Crippen molar-refractivity contribution in [1.82, 2.24) is 4.90 Å². The van der Waals surface area contributed by atoms with Gasteiger partial charge in [-0.1, -0.05) is 66.7 Å². The number of hydrogen-bond acceptors (Lipinski definition) is 1. The Bertz CT molecular complexity index is 684. The van der Waals surface area contributed by atoms with Crippen molar-refractivity contribution >= 4 is 12.0 Å². The summed E-state index contributed by atoms with van der Waals surface area (Å²) in [7, 11) is 0. The van der Waals surface area contributed by atoms with Crippen LogP contribution in [0.4, 0.5) is 0 Å². The Morgan fingerprint density at radius 3 is 2.29 bits per heavy atom. The fourth-order valence-electron chi connectivity index (χ4n) is 3.23. The lowest BCUT2D eigenvalue weighted by atomic mass is 10.00. The van der Waals surface area contributed by atoms with Gasteiger partial charge in [-0.15, -0.1) is 0 Å². The topological polar surface area (TPSA) is 20.3 Å². The number of amides is 1. The summed E-state index contributed by atoms with van der Waals surface area (Å²) >= 11 is 0. The van der Waals surface area contributed by atoms with Crippen LogP contribution in [0.5, 0.6) is 0 Å². The number of allylic oxidation sites excluding steroid dienone is 1. The van der Waals surface area contributed by atoms with Crippen LogP contribution in [0.3, 0.4) is 0 Å². The molecule has 0 aliphatic carbocycles. The van der Waals surface area contributed by atoms with Gasteiger partial charge in [0.15, 0.2) is 0 Å². The van der Waals surface area contributed by atoms with E-state index >= 15 is 0 Å². The lowest BCUT2D eigenvalue weighted by molar-refractivity contribution is -0.131. The van der Waals surface area contributed by atoms with Crippen LogP contribution in [0.2, 0.25) is 0 Å². The summed E-state index contributed by atoms with van der Waals surface area (Å²) in [4.78, 5) is 14.6. The molecule has 1 heterocycles. The van der Waals surface area contributed by atoms with Gasteiger partial charge < -0.3 is 4.90 Å². The zero-order valence-corrected chi connectivity index (χ0v) is 14.2. The molecule has 2 aromatic carbocycles. The van der Waals surface area contributed by atoms with Crippen molar-refractivity contribution in [3.63, 3.8) is 0 Å². The number of benzene rings is 2. The molecule has 3 rings (SSSR count). The Hall–Kier alpha value is -2.35. The van der Waals surface area contributed by atoms with Crippen LogP contribution in [0.25, 0.3) is 6.08 Å². The standard InChI is InChI=1S/C22H25NO/c24-22(23-16-7-2-8-17-23)18-21-14-6-5-13-20(21)15-9-12-19-10-3-1-4-11-19/h1,3-6,9-14H,2,7-8,15-18H2/b12-9+. The summed E-state index contributed by atoms with van der Waals surface area (Å²) in [5, 5.41) is 0. The van der Waals surface area contributed by atoms with Crippen molar-refractivity contribution in [2.45, 2.75) is 32.1 Å². The molecular weight excluding hydrogens is 294 g/mol. The Morgan fingerprint density at radius 1 is 0.875 bits per heavy atom. The zero-order chi connectivity index (χ0) is 16.6. The average Bonchev–Trinajstić information content (AvgIpc) is 2.65. The van der Waals surface area contributed by atoms with Crippen LogP contribution in [-0.4, -0.2) is 23.9 Å². The predicted molar refractivity (Wildman–Crippen MR) is 99.8 cm³/mol. The summed E-state index contributed by atoms with van der Waals surface area (Å²) < 4.78 is 0. The molecule has 0 unspecified atom stereocenters. The van der Waals surface area contributed by atoms with E-state index in [1.807, 2.05) is 29.2 Å². The Labute approximate surface area is 144 Å². The van der Waals surface area contributed by atoms with Gasteiger partial charge in [0.25, 0.3) is 0 Å². The summed E-state index contributed by atoms with van der Waals surface area (Å²) in [5.41, 5.74) is 3.61. The lowest BCUT2D eigenvalue weighted by Gasteiger charge is -2.27. The van der Waals surface area contributed by atoms with Crippen LogP contribution in [-0.2, 0) is 17.6 Å². The first kappa shape index (κ1) is 16.5. The van der Waals surface area contributed by atoms with E-state index in [-0.39, 0.29) is 5.91 Å². The molecule has 1 aliphatic rings. The quantitative estimate of drug-likeness (QED) is 0.795. The van der Waals surface area contributed by atoms with E-state index in [4.69, 9.17) is 0 Å². The van der Waals surface area contributed by atoms with Crippen molar-refractivity contribution in [3.05, 3.63) is 77.4 Å². The molecule has 1 fully saturated rings. The van der Waals surface area contributed by atoms with Crippen molar-refractivity contribution in [2.24, 2.45) is 0 Å². The van der Waals surface area contributed by atoms with E-state index in [1.165, 1.54) is 17.5 Å². The number of carbonyl (C=O) groups excluding carboxylic acids is 1.